The lowest BCUT2D eigenvalue weighted by Gasteiger charge is -2.11. The topological polar surface area (TPSA) is 106 Å². The smallest absolute Gasteiger partial charge is 0.240 e. The average molecular weight is 334 g/mol. The summed E-state index contributed by atoms with van der Waals surface area (Å²) in [6.07, 6.45) is 0.298. The first-order chi connectivity index (χ1) is 9.20. The first-order valence-electron chi connectivity index (χ1n) is 5.82. The van der Waals surface area contributed by atoms with E-state index in [0.29, 0.717) is 12.0 Å². The predicted molar refractivity (Wildman–Crippen MR) is 79.7 cm³/mol. The molecule has 1 saturated heterocycles. The molecule has 0 bridgehead atoms. The molecule has 0 aliphatic carbocycles. The number of benzene rings is 1. The largest absolute Gasteiger partial charge is 0.389 e. The highest BCUT2D eigenvalue weighted by Crippen LogP contribution is 2.16. The van der Waals surface area contributed by atoms with Gasteiger partial charge in [-0.15, -0.1) is 0 Å². The number of nitrogens with two attached hydrogens (primary N) is 1. The quantitative estimate of drug-likeness (QED) is 0.738. The predicted octanol–water partition coefficient (Wildman–Crippen LogP) is -0.214. The zero-order valence-corrected chi connectivity index (χ0v) is 12.9. The van der Waals surface area contributed by atoms with Crippen molar-refractivity contribution in [3.05, 3.63) is 29.8 Å². The van der Waals surface area contributed by atoms with Crippen LogP contribution >= 0.6 is 12.2 Å². The molecule has 9 heteroatoms. The molecule has 1 aliphatic heterocycles. The zero-order valence-electron chi connectivity index (χ0n) is 10.4. The Kier molecular flexibility index (Phi) is 4.14. The lowest BCUT2D eigenvalue weighted by molar-refractivity contribution is 0.562. The Balaban J connectivity index is 2.16. The summed E-state index contributed by atoms with van der Waals surface area (Å²) in [5, 5.41) is 0. The van der Waals surface area contributed by atoms with Gasteiger partial charge in [0, 0.05) is 11.6 Å². The van der Waals surface area contributed by atoms with Gasteiger partial charge >= 0.3 is 0 Å². The third-order valence-electron chi connectivity index (χ3n) is 3.00. The lowest BCUT2D eigenvalue weighted by Crippen LogP contribution is -2.35. The molecule has 0 radical (unpaired) electrons. The van der Waals surface area contributed by atoms with Crippen molar-refractivity contribution < 1.29 is 16.8 Å². The number of sulfone groups is 1. The van der Waals surface area contributed by atoms with Crippen molar-refractivity contribution in [2.75, 3.05) is 11.5 Å². The highest BCUT2D eigenvalue weighted by atomic mass is 32.2. The maximum Gasteiger partial charge on any atom is 0.240 e. The molecule has 1 fully saturated rings. The molecule has 0 saturated carbocycles. The van der Waals surface area contributed by atoms with E-state index in [1.165, 1.54) is 24.3 Å². The molecular weight excluding hydrogens is 320 g/mol. The van der Waals surface area contributed by atoms with Crippen LogP contribution in [0.15, 0.2) is 29.2 Å². The van der Waals surface area contributed by atoms with Crippen molar-refractivity contribution in [3.63, 3.8) is 0 Å². The molecule has 1 aromatic rings. The average Bonchev–Trinajstić information content (AvgIpc) is 2.68. The Labute approximate surface area is 123 Å². The number of hydrogen-bond donors (Lipinski definition) is 2. The summed E-state index contributed by atoms with van der Waals surface area (Å²) in [4.78, 5) is 0.241. The second-order valence-corrected chi connectivity index (χ2v) is 8.99. The first-order valence-corrected chi connectivity index (χ1v) is 9.53. The van der Waals surface area contributed by atoms with Gasteiger partial charge in [0.25, 0.3) is 0 Å². The fraction of sp³-hybridized carbons (Fsp3) is 0.364. The highest BCUT2D eigenvalue weighted by Gasteiger charge is 2.31. The van der Waals surface area contributed by atoms with Crippen LogP contribution in [0.3, 0.4) is 0 Å². The van der Waals surface area contributed by atoms with E-state index in [4.69, 9.17) is 18.0 Å². The normalized spacial score (nSPS) is 21.7. The third kappa shape index (κ3) is 3.54. The Morgan fingerprint density at radius 1 is 1.30 bits per heavy atom. The summed E-state index contributed by atoms with van der Waals surface area (Å²) in [5.74, 6) is -0.141. The fourth-order valence-electron chi connectivity index (χ4n) is 1.97. The minimum atomic E-state index is -3.73. The van der Waals surface area contributed by atoms with Crippen molar-refractivity contribution in [2.45, 2.75) is 17.4 Å². The van der Waals surface area contributed by atoms with Gasteiger partial charge in [-0.1, -0.05) is 24.4 Å². The summed E-state index contributed by atoms with van der Waals surface area (Å²) < 4.78 is 49.3. The van der Waals surface area contributed by atoms with Gasteiger partial charge in [-0.2, -0.15) is 0 Å². The molecule has 1 aliphatic rings. The van der Waals surface area contributed by atoms with Gasteiger partial charge in [0.15, 0.2) is 9.84 Å². The molecule has 0 spiro atoms. The lowest BCUT2D eigenvalue weighted by atomic mass is 10.2. The number of thiocarbonyl (C=S) groups is 1. The summed E-state index contributed by atoms with van der Waals surface area (Å²) in [7, 11) is -6.86. The number of rotatable bonds is 4. The van der Waals surface area contributed by atoms with E-state index in [9.17, 15) is 16.8 Å². The zero-order chi connectivity index (χ0) is 15.0. The van der Waals surface area contributed by atoms with Crippen LogP contribution in [0, 0.1) is 0 Å². The van der Waals surface area contributed by atoms with E-state index < -0.39 is 25.9 Å². The second kappa shape index (κ2) is 5.40. The molecule has 1 heterocycles. The van der Waals surface area contributed by atoms with E-state index in [2.05, 4.69) is 4.72 Å². The molecule has 20 heavy (non-hydrogen) atoms. The van der Waals surface area contributed by atoms with Crippen molar-refractivity contribution >= 4 is 37.1 Å². The molecule has 110 valence electrons. The van der Waals surface area contributed by atoms with Crippen LogP contribution < -0.4 is 10.5 Å². The maximum absolute atomic E-state index is 12.1. The van der Waals surface area contributed by atoms with Gasteiger partial charge in [0.1, 0.15) is 4.99 Å². The highest BCUT2D eigenvalue weighted by molar-refractivity contribution is 7.92. The van der Waals surface area contributed by atoms with Gasteiger partial charge in [-0.3, -0.25) is 0 Å². The molecule has 6 nitrogen and oxygen atoms in total. The van der Waals surface area contributed by atoms with Crippen LogP contribution in [0.4, 0.5) is 0 Å². The first kappa shape index (κ1) is 15.4. The van der Waals surface area contributed by atoms with Crippen LogP contribution in [-0.2, 0) is 19.9 Å². The summed E-state index contributed by atoms with van der Waals surface area (Å²) >= 11 is 4.79. The van der Waals surface area contributed by atoms with Crippen LogP contribution in [-0.4, -0.2) is 39.4 Å². The number of hydrogen-bond acceptors (Lipinski definition) is 5. The Morgan fingerprint density at radius 3 is 2.35 bits per heavy atom. The molecule has 1 aromatic carbocycles. The molecular formula is C11H14N2O4S3. The van der Waals surface area contributed by atoms with E-state index in [1.54, 1.807) is 0 Å². The van der Waals surface area contributed by atoms with E-state index in [1.807, 2.05) is 0 Å². The van der Waals surface area contributed by atoms with Crippen LogP contribution in [0.1, 0.15) is 12.0 Å². The summed E-state index contributed by atoms with van der Waals surface area (Å²) in [5.41, 5.74) is 6.01. The van der Waals surface area contributed by atoms with Crippen LogP contribution in [0.2, 0.25) is 0 Å². The van der Waals surface area contributed by atoms with Crippen molar-refractivity contribution in [1.29, 1.82) is 0 Å². The van der Waals surface area contributed by atoms with Gasteiger partial charge < -0.3 is 5.73 Å². The van der Waals surface area contributed by atoms with E-state index >= 15 is 0 Å². The fourth-order valence-corrected chi connectivity index (χ4v) is 5.16. The molecule has 1 atom stereocenters. The minimum absolute atomic E-state index is 0.0145. The Morgan fingerprint density at radius 2 is 1.90 bits per heavy atom. The summed E-state index contributed by atoms with van der Waals surface area (Å²) in [6.45, 7) is 0. The Bertz CT molecular complexity index is 723. The van der Waals surface area contributed by atoms with Crippen molar-refractivity contribution in [3.8, 4) is 0 Å². The monoisotopic (exact) mass is 334 g/mol. The third-order valence-corrected chi connectivity index (χ3v) is 6.54. The van der Waals surface area contributed by atoms with Crippen molar-refractivity contribution in [1.82, 2.24) is 4.72 Å². The molecule has 0 aromatic heterocycles. The summed E-state index contributed by atoms with van der Waals surface area (Å²) in [6, 6.07) is 5.24. The Hall–Kier alpha value is -1.03. The second-order valence-electron chi connectivity index (χ2n) is 4.61. The molecule has 1 unspecified atom stereocenters. The number of sulfonamides is 1. The SMILES string of the molecule is NC(=S)c1ccc(S(=O)(=O)NC2CCS(=O)(=O)C2)cc1. The van der Waals surface area contributed by atoms with Gasteiger partial charge in [-0.05, 0) is 18.6 Å². The number of nitrogens with one attached hydrogen (secondary N) is 1. The molecule has 3 N–H and O–H groups in total. The molecule has 0 amide bonds. The van der Waals surface area contributed by atoms with Crippen LogP contribution in [0.5, 0.6) is 0 Å². The standard InChI is InChI=1S/C11H14N2O4S3/c12-11(18)8-1-3-10(4-2-8)20(16,17)13-9-5-6-19(14,15)7-9/h1-4,9,13H,5-7H2,(H2,12,18). The van der Waals surface area contributed by atoms with E-state index in [-0.39, 0.29) is 21.4 Å². The molecule has 2 rings (SSSR count). The van der Waals surface area contributed by atoms with E-state index in [0.717, 1.165) is 0 Å². The van der Waals surface area contributed by atoms with Gasteiger partial charge in [0.05, 0.1) is 16.4 Å². The van der Waals surface area contributed by atoms with Gasteiger partial charge in [-0.25, -0.2) is 21.6 Å². The van der Waals surface area contributed by atoms with Crippen molar-refractivity contribution in [2.24, 2.45) is 5.73 Å². The van der Waals surface area contributed by atoms with Crippen LogP contribution in [0.25, 0.3) is 0 Å². The maximum atomic E-state index is 12.1. The van der Waals surface area contributed by atoms with Gasteiger partial charge in [0.2, 0.25) is 10.0 Å². The minimum Gasteiger partial charge on any atom is -0.389 e.